The first kappa shape index (κ1) is 7.46. The molecule has 0 aromatic heterocycles. The molecule has 54 valence electrons. The molecule has 0 aromatic carbocycles. The van der Waals surface area contributed by atoms with Crippen LogP contribution in [-0.2, 0) is 0 Å². The molecule has 1 heterocycles. The third kappa shape index (κ3) is 1.89. The number of hydrogen-bond acceptors (Lipinski definition) is 2. The normalized spacial score (nSPS) is 33.0. The molecule has 0 saturated carbocycles. The fraction of sp³-hybridized carbons (Fsp3) is 1.00. The lowest BCUT2D eigenvalue weighted by Crippen LogP contribution is -2.46. The van der Waals surface area contributed by atoms with E-state index in [1.807, 2.05) is 0 Å². The van der Waals surface area contributed by atoms with Crippen molar-refractivity contribution >= 4 is 9.39 Å². The largest absolute Gasteiger partial charge is 0.301 e. The molecule has 0 aliphatic carbocycles. The van der Waals surface area contributed by atoms with E-state index in [0.29, 0.717) is 0 Å². The van der Waals surface area contributed by atoms with Crippen LogP contribution in [0.25, 0.3) is 0 Å². The highest BCUT2D eigenvalue weighted by atomic mass is 31.0. The van der Waals surface area contributed by atoms with Crippen molar-refractivity contribution in [2.45, 2.75) is 13.0 Å². The van der Waals surface area contributed by atoms with E-state index in [9.17, 15) is 0 Å². The summed E-state index contributed by atoms with van der Waals surface area (Å²) in [5, 5.41) is 0. The summed E-state index contributed by atoms with van der Waals surface area (Å²) in [6.45, 7) is 5.83. The van der Waals surface area contributed by atoms with Crippen LogP contribution < -0.4 is 0 Å². The molecule has 3 heteroatoms. The van der Waals surface area contributed by atoms with Crippen molar-refractivity contribution < 1.29 is 0 Å². The van der Waals surface area contributed by atoms with Crippen molar-refractivity contribution in [3.63, 3.8) is 0 Å². The van der Waals surface area contributed by atoms with E-state index in [-0.39, 0.29) is 0 Å². The smallest absolute Gasteiger partial charge is 0.0195 e. The van der Waals surface area contributed by atoms with Gasteiger partial charge in [0.2, 0.25) is 0 Å². The van der Waals surface area contributed by atoms with E-state index in [1.54, 1.807) is 0 Å². The van der Waals surface area contributed by atoms with Gasteiger partial charge in [-0.2, -0.15) is 0 Å². The fourth-order valence-corrected chi connectivity index (χ4v) is 1.50. The number of hydrogen-bond donors (Lipinski definition) is 0. The van der Waals surface area contributed by atoms with Gasteiger partial charge in [0.1, 0.15) is 0 Å². The molecule has 0 aromatic rings. The molecule has 1 rings (SSSR count). The van der Waals surface area contributed by atoms with Gasteiger partial charge in [0.25, 0.3) is 0 Å². The van der Waals surface area contributed by atoms with Gasteiger partial charge in [-0.15, -0.1) is 0 Å². The van der Waals surface area contributed by atoms with E-state index < -0.39 is 0 Å². The summed E-state index contributed by atoms with van der Waals surface area (Å²) in [7, 11) is 4.94. The van der Waals surface area contributed by atoms with Gasteiger partial charge in [-0.3, -0.25) is 4.67 Å². The number of nitrogens with zero attached hydrogens (tertiary/aromatic N) is 2. The maximum atomic E-state index is 2.75. The Morgan fingerprint density at radius 1 is 1.44 bits per heavy atom. The molecule has 2 nitrogen and oxygen atoms in total. The molecule has 1 aliphatic rings. The zero-order chi connectivity index (χ0) is 6.85. The van der Waals surface area contributed by atoms with Crippen LogP contribution in [0.1, 0.15) is 6.92 Å². The van der Waals surface area contributed by atoms with Crippen LogP contribution in [0.2, 0.25) is 0 Å². The number of likely N-dealkylation sites (N-methyl/N-ethyl adjacent to an activating group) is 1. The molecule has 0 bridgehead atoms. The second kappa shape index (κ2) is 2.96. The Labute approximate surface area is 59.5 Å². The van der Waals surface area contributed by atoms with Crippen LogP contribution in [0, 0.1) is 0 Å². The van der Waals surface area contributed by atoms with Crippen LogP contribution in [-0.4, -0.2) is 42.3 Å². The van der Waals surface area contributed by atoms with E-state index in [1.165, 1.54) is 19.6 Å². The third-order valence-corrected chi connectivity index (χ3v) is 2.46. The van der Waals surface area contributed by atoms with Crippen LogP contribution >= 0.6 is 9.39 Å². The van der Waals surface area contributed by atoms with Crippen molar-refractivity contribution in [2.75, 3.05) is 26.7 Å². The second-order valence-electron chi connectivity index (χ2n) is 2.82. The molecule has 1 fully saturated rings. The lowest BCUT2D eigenvalue weighted by atomic mass is 10.2. The van der Waals surface area contributed by atoms with Gasteiger partial charge in [-0.1, -0.05) is 9.39 Å². The molecule has 0 amide bonds. The van der Waals surface area contributed by atoms with E-state index in [4.69, 9.17) is 0 Å². The first-order valence-electron chi connectivity index (χ1n) is 3.40. The van der Waals surface area contributed by atoms with E-state index in [0.717, 1.165) is 6.04 Å². The van der Waals surface area contributed by atoms with Crippen LogP contribution in [0.3, 0.4) is 0 Å². The SMILES string of the molecule is CC1CN(P)CCN1C. The van der Waals surface area contributed by atoms with Crippen molar-refractivity contribution in [2.24, 2.45) is 0 Å². The fourth-order valence-electron chi connectivity index (χ4n) is 1.08. The molecule has 0 spiro atoms. The minimum atomic E-state index is 0.719. The van der Waals surface area contributed by atoms with Crippen molar-refractivity contribution in [1.82, 2.24) is 9.57 Å². The standard InChI is InChI=1S/C6H15N2P/c1-6-5-8(9)4-3-7(6)2/h6H,3-5,9H2,1-2H3. The van der Waals surface area contributed by atoms with Crippen LogP contribution in [0.4, 0.5) is 0 Å². The zero-order valence-corrected chi connectivity index (χ0v) is 7.33. The maximum Gasteiger partial charge on any atom is 0.0195 e. The van der Waals surface area contributed by atoms with Gasteiger partial charge in [-0.05, 0) is 14.0 Å². The molecule has 9 heavy (non-hydrogen) atoms. The molecule has 0 radical (unpaired) electrons. The first-order valence-corrected chi connectivity index (χ1v) is 3.91. The minimum Gasteiger partial charge on any atom is -0.301 e. The van der Waals surface area contributed by atoms with Gasteiger partial charge in [0.05, 0.1) is 0 Å². The lowest BCUT2D eigenvalue weighted by Gasteiger charge is -2.35. The number of rotatable bonds is 0. The van der Waals surface area contributed by atoms with Gasteiger partial charge in [-0.25, -0.2) is 0 Å². The summed E-state index contributed by atoms with van der Waals surface area (Å²) >= 11 is 0. The number of piperazine rings is 1. The molecule has 0 N–H and O–H groups in total. The Balaban J connectivity index is 2.35. The Morgan fingerprint density at radius 2 is 2.11 bits per heavy atom. The molecular weight excluding hydrogens is 131 g/mol. The monoisotopic (exact) mass is 146 g/mol. The van der Waals surface area contributed by atoms with Crippen LogP contribution in [0.5, 0.6) is 0 Å². The summed E-state index contributed by atoms with van der Waals surface area (Å²) in [4.78, 5) is 2.39. The Morgan fingerprint density at radius 3 is 2.56 bits per heavy atom. The highest BCUT2D eigenvalue weighted by Crippen LogP contribution is 2.09. The second-order valence-corrected chi connectivity index (χ2v) is 3.55. The van der Waals surface area contributed by atoms with Gasteiger partial charge in [0.15, 0.2) is 0 Å². The summed E-state index contributed by atoms with van der Waals surface area (Å²) in [5.41, 5.74) is 0. The van der Waals surface area contributed by atoms with Crippen LogP contribution in [0.15, 0.2) is 0 Å². The summed E-state index contributed by atoms with van der Waals surface area (Å²) in [6, 6.07) is 0.719. The predicted octanol–water partition coefficient (Wildman–Crippen LogP) is 0.412. The summed E-state index contributed by atoms with van der Waals surface area (Å²) in [6.07, 6.45) is 0. The Bertz CT molecular complexity index is 97.1. The first-order chi connectivity index (χ1) is 4.20. The highest BCUT2D eigenvalue weighted by Gasteiger charge is 2.16. The molecule has 2 unspecified atom stereocenters. The van der Waals surface area contributed by atoms with Crippen molar-refractivity contribution in [1.29, 1.82) is 0 Å². The average Bonchev–Trinajstić information content (AvgIpc) is 1.80. The van der Waals surface area contributed by atoms with Gasteiger partial charge >= 0.3 is 0 Å². The van der Waals surface area contributed by atoms with E-state index >= 15 is 0 Å². The molecule has 2 atom stereocenters. The highest BCUT2D eigenvalue weighted by molar-refractivity contribution is 7.13. The molecule has 1 aliphatic heterocycles. The summed E-state index contributed by atoms with van der Waals surface area (Å²) < 4.78 is 2.30. The van der Waals surface area contributed by atoms with Crippen molar-refractivity contribution in [3.8, 4) is 0 Å². The molecular formula is C6H15N2P. The van der Waals surface area contributed by atoms with Gasteiger partial charge < -0.3 is 4.90 Å². The third-order valence-electron chi connectivity index (χ3n) is 1.99. The summed E-state index contributed by atoms with van der Waals surface area (Å²) in [5.74, 6) is 0. The lowest BCUT2D eigenvalue weighted by molar-refractivity contribution is 0.167. The minimum absolute atomic E-state index is 0.719. The molecule has 1 saturated heterocycles. The maximum absolute atomic E-state index is 2.75. The quantitative estimate of drug-likeness (QED) is 0.457. The Kier molecular flexibility index (Phi) is 2.45. The zero-order valence-electron chi connectivity index (χ0n) is 6.17. The average molecular weight is 146 g/mol. The van der Waals surface area contributed by atoms with E-state index in [2.05, 4.69) is 32.9 Å². The topological polar surface area (TPSA) is 6.48 Å². The van der Waals surface area contributed by atoms with Gasteiger partial charge in [0, 0.05) is 25.7 Å². The predicted molar refractivity (Wildman–Crippen MR) is 43.4 cm³/mol. The Hall–Kier alpha value is 0.350. The van der Waals surface area contributed by atoms with Crippen molar-refractivity contribution in [3.05, 3.63) is 0 Å².